The molecule has 2 aliphatic heterocycles. The van der Waals surface area contributed by atoms with Crippen LogP contribution < -0.4 is 0 Å². The standard InChI is InChI=1S/C17H32BNO4/c1-14(2,3)21-13(20)19-11-9-10-17(8,12-19)18-22-15(4,5)16(6,7)23-18/h9-12H2,1-8H3. The highest BCUT2D eigenvalue weighted by Crippen LogP contribution is 2.49. The second-order valence-electron chi connectivity index (χ2n) is 9.25. The van der Waals surface area contributed by atoms with Crippen LogP contribution in [0, 0.1) is 0 Å². The van der Waals surface area contributed by atoms with Gasteiger partial charge in [0, 0.05) is 18.4 Å². The van der Waals surface area contributed by atoms with E-state index in [1.165, 1.54) is 0 Å². The number of likely N-dealkylation sites (tertiary alicyclic amines) is 1. The molecule has 6 heteroatoms. The normalized spacial score (nSPS) is 30.4. The molecule has 2 saturated heterocycles. The molecule has 132 valence electrons. The molecule has 0 aromatic carbocycles. The fourth-order valence-electron chi connectivity index (χ4n) is 3.07. The smallest absolute Gasteiger partial charge is 0.444 e. The van der Waals surface area contributed by atoms with Gasteiger partial charge in [-0.15, -0.1) is 0 Å². The molecule has 2 rings (SSSR count). The van der Waals surface area contributed by atoms with Crippen molar-refractivity contribution in [1.82, 2.24) is 4.90 Å². The molecule has 0 aromatic rings. The molecule has 0 spiro atoms. The Morgan fingerprint density at radius 3 is 2.09 bits per heavy atom. The molecule has 5 nitrogen and oxygen atoms in total. The first-order valence-corrected chi connectivity index (χ1v) is 8.59. The summed E-state index contributed by atoms with van der Waals surface area (Å²) in [6, 6.07) is 0. The number of carbonyl (C=O) groups excluding carboxylic acids is 1. The van der Waals surface area contributed by atoms with E-state index < -0.39 is 5.60 Å². The Labute approximate surface area is 141 Å². The number of piperidine rings is 1. The molecule has 0 aliphatic carbocycles. The maximum atomic E-state index is 12.4. The molecular formula is C17H32BNO4. The van der Waals surface area contributed by atoms with Gasteiger partial charge < -0.3 is 18.9 Å². The maximum Gasteiger partial charge on any atom is 0.466 e. The van der Waals surface area contributed by atoms with Crippen molar-refractivity contribution in [1.29, 1.82) is 0 Å². The molecule has 2 heterocycles. The lowest BCUT2D eigenvalue weighted by Gasteiger charge is -2.41. The zero-order valence-corrected chi connectivity index (χ0v) is 16.0. The maximum absolute atomic E-state index is 12.4. The predicted molar refractivity (Wildman–Crippen MR) is 91.5 cm³/mol. The number of hydrogen-bond donors (Lipinski definition) is 0. The van der Waals surface area contributed by atoms with Crippen LogP contribution in [-0.2, 0) is 14.0 Å². The van der Waals surface area contributed by atoms with Crippen LogP contribution in [0.4, 0.5) is 4.79 Å². The molecule has 1 amide bonds. The van der Waals surface area contributed by atoms with E-state index in [-0.39, 0.29) is 29.7 Å². The first-order chi connectivity index (χ1) is 10.3. The largest absolute Gasteiger partial charge is 0.466 e. The third kappa shape index (κ3) is 3.85. The van der Waals surface area contributed by atoms with Crippen molar-refractivity contribution in [2.24, 2.45) is 0 Å². The number of ether oxygens (including phenoxy) is 1. The number of amides is 1. The number of carbonyl (C=O) groups is 1. The summed E-state index contributed by atoms with van der Waals surface area (Å²) in [5, 5.41) is -0.222. The van der Waals surface area contributed by atoms with Crippen LogP contribution in [0.3, 0.4) is 0 Å². The van der Waals surface area contributed by atoms with Crippen molar-refractivity contribution >= 4 is 13.2 Å². The lowest BCUT2D eigenvalue weighted by atomic mass is 9.55. The Morgan fingerprint density at radius 2 is 1.61 bits per heavy atom. The van der Waals surface area contributed by atoms with Gasteiger partial charge in [-0.1, -0.05) is 6.92 Å². The molecule has 0 N–H and O–H groups in total. The summed E-state index contributed by atoms with van der Waals surface area (Å²) >= 11 is 0. The second-order valence-corrected chi connectivity index (χ2v) is 9.25. The van der Waals surface area contributed by atoms with Gasteiger partial charge in [0.2, 0.25) is 0 Å². The van der Waals surface area contributed by atoms with Crippen molar-refractivity contribution in [2.75, 3.05) is 13.1 Å². The zero-order chi connectivity index (χ0) is 17.7. The van der Waals surface area contributed by atoms with Crippen LogP contribution in [0.15, 0.2) is 0 Å². The van der Waals surface area contributed by atoms with E-state index >= 15 is 0 Å². The summed E-state index contributed by atoms with van der Waals surface area (Å²) < 4.78 is 18.0. The predicted octanol–water partition coefficient (Wildman–Crippen LogP) is 3.87. The topological polar surface area (TPSA) is 48.0 Å². The average molecular weight is 325 g/mol. The minimum atomic E-state index is -0.477. The number of rotatable bonds is 1. The van der Waals surface area contributed by atoms with Crippen LogP contribution in [0.1, 0.15) is 68.2 Å². The minimum Gasteiger partial charge on any atom is -0.444 e. The van der Waals surface area contributed by atoms with Gasteiger partial charge >= 0.3 is 13.2 Å². The molecule has 1 unspecified atom stereocenters. The summed E-state index contributed by atoms with van der Waals surface area (Å²) in [4.78, 5) is 14.2. The van der Waals surface area contributed by atoms with E-state index in [4.69, 9.17) is 14.0 Å². The third-order valence-electron chi connectivity index (χ3n) is 5.20. The Morgan fingerprint density at radius 1 is 1.09 bits per heavy atom. The van der Waals surface area contributed by atoms with Crippen LogP contribution in [0.5, 0.6) is 0 Å². The molecule has 2 fully saturated rings. The quantitative estimate of drug-likeness (QED) is 0.687. The van der Waals surface area contributed by atoms with Crippen molar-refractivity contribution in [3.05, 3.63) is 0 Å². The lowest BCUT2D eigenvalue weighted by Crippen LogP contribution is -2.50. The molecule has 0 aromatic heterocycles. The van der Waals surface area contributed by atoms with Crippen LogP contribution in [0.2, 0.25) is 5.31 Å². The molecular weight excluding hydrogens is 293 g/mol. The van der Waals surface area contributed by atoms with Crippen molar-refractivity contribution in [2.45, 2.75) is 90.3 Å². The average Bonchev–Trinajstić information content (AvgIpc) is 2.57. The SMILES string of the molecule is CC(C)(C)OC(=O)N1CCCC(C)(B2OC(C)(C)C(C)(C)O2)C1. The van der Waals surface area contributed by atoms with Gasteiger partial charge in [-0.2, -0.15) is 0 Å². The van der Waals surface area contributed by atoms with Crippen molar-refractivity contribution < 1.29 is 18.8 Å². The van der Waals surface area contributed by atoms with E-state index in [0.29, 0.717) is 6.54 Å². The Hall–Kier alpha value is -0.745. The highest BCUT2D eigenvalue weighted by atomic mass is 16.7. The highest BCUT2D eigenvalue weighted by Gasteiger charge is 2.58. The van der Waals surface area contributed by atoms with E-state index in [2.05, 4.69) is 34.6 Å². The Bertz CT molecular complexity index is 456. The van der Waals surface area contributed by atoms with Gasteiger partial charge in [-0.05, 0) is 61.3 Å². The molecule has 0 bridgehead atoms. The van der Waals surface area contributed by atoms with E-state index in [1.54, 1.807) is 4.90 Å². The summed E-state index contributed by atoms with van der Waals surface area (Å²) in [5.74, 6) is 0. The summed E-state index contributed by atoms with van der Waals surface area (Å²) in [7, 11) is -0.308. The fourth-order valence-corrected chi connectivity index (χ4v) is 3.07. The van der Waals surface area contributed by atoms with Crippen LogP contribution in [0.25, 0.3) is 0 Å². The second kappa shape index (κ2) is 5.66. The zero-order valence-electron chi connectivity index (χ0n) is 16.0. The van der Waals surface area contributed by atoms with Gasteiger partial charge in [-0.3, -0.25) is 0 Å². The molecule has 2 aliphatic rings. The minimum absolute atomic E-state index is 0.222. The highest BCUT2D eigenvalue weighted by molar-refractivity contribution is 6.49. The first-order valence-electron chi connectivity index (χ1n) is 8.59. The van der Waals surface area contributed by atoms with Crippen molar-refractivity contribution in [3.63, 3.8) is 0 Å². The van der Waals surface area contributed by atoms with Crippen molar-refractivity contribution in [3.8, 4) is 0 Å². The fraction of sp³-hybridized carbons (Fsp3) is 0.941. The number of nitrogens with zero attached hydrogens (tertiary/aromatic N) is 1. The van der Waals surface area contributed by atoms with Crippen LogP contribution >= 0.6 is 0 Å². The molecule has 0 radical (unpaired) electrons. The number of hydrogen-bond acceptors (Lipinski definition) is 4. The van der Waals surface area contributed by atoms with Gasteiger partial charge in [-0.25, -0.2) is 4.79 Å². The molecule has 23 heavy (non-hydrogen) atoms. The van der Waals surface area contributed by atoms with E-state index in [0.717, 1.165) is 19.4 Å². The summed E-state index contributed by atoms with van der Waals surface area (Å²) in [6.45, 7) is 17.4. The summed E-state index contributed by atoms with van der Waals surface area (Å²) in [5.41, 5.74) is -1.18. The molecule has 1 atom stereocenters. The monoisotopic (exact) mass is 325 g/mol. The lowest BCUT2D eigenvalue weighted by molar-refractivity contribution is 0.00578. The van der Waals surface area contributed by atoms with Gasteiger partial charge in [0.15, 0.2) is 0 Å². The van der Waals surface area contributed by atoms with E-state index in [1.807, 2.05) is 20.8 Å². The van der Waals surface area contributed by atoms with Gasteiger partial charge in [0.25, 0.3) is 0 Å². The molecule has 0 saturated carbocycles. The van der Waals surface area contributed by atoms with Gasteiger partial charge in [0.05, 0.1) is 11.2 Å². The first kappa shape index (κ1) is 18.6. The van der Waals surface area contributed by atoms with E-state index in [9.17, 15) is 4.79 Å². The third-order valence-corrected chi connectivity index (χ3v) is 5.20. The Kier molecular flexibility index (Phi) is 4.57. The van der Waals surface area contributed by atoms with Gasteiger partial charge in [0.1, 0.15) is 5.60 Å². The Balaban J connectivity index is 2.09. The van der Waals surface area contributed by atoms with Crippen LogP contribution in [-0.4, -0.2) is 48.0 Å². The summed E-state index contributed by atoms with van der Waals surface area (Å²) in [6.07, 6.45) is 1.66.